The maximum absolute atomic E-state index is 12.6. The van der Waals surface area contributed by atoms with Crippen molar-refractivity contribution in [2.45, 2.75) is 44.5 Å². The molecule has 1 aromatic carbocycles. The maximum atomic E-state index is 12.6. The number of aliphatic imine (C=N–C) groups is 1. The molecular weight excluding hydrogens is 400 g/mol. The lowest BCUT2D eigenvalue weighted by molar-refractivity contribution is -0.121. The van der Waals surface area contributed by atoms with E-state index < -0.39 is 9.84 Å². The van der Waals surface area contributed by atoms with Crippen molar-refractivity contribution in [2.24, 2.45) is 10.9 Å². The van der Waals surface area contributed by atoms with E-state index in [2.05, 4.69) is 4.99 Å². The zero-order valence-electron chi connectivity index (χ0n) is 16.0. The predicted molar refractivity (Wildman–Crippen MR) is 108 cm³/mol. The molecule has 0 aromatic heterocycles. The summed E-state index contributed by atoms with van der Waals surface area (Å²) in [7, 11) is -3.06. The topological polar surface area (TPSA) is 85.3 Å². The van der Waals surface area contributed by atoms with Gasteiger partial charge in [-0.15, -0.1) is 0 Å². The highest BCUT2D eigenvalue weighted by molar-refractivity contribution is 8.15. The first-order chi connectivity index (χ1) is 13.4. The Morgan fingerprint density at radius 2 is 2.00 bits per heavy atom. The average molecular weight is 425 g/mol. The Hall–Kier alpha value is -1.74. The van der Waals surface area contributed by atoms with Gasteiger partial charge in [-0.1, -0.05) is 31.7 Å². The molecule has 0 bridgehead atoms. The van der Waals surface area contributed by atoms with E-state index in [-0.39, 0.29) is 41.4 Å². The first-order valence-electron chi connectivity index (χ1n) is 9.55. The second-order valence-corrected chi connectivity index (χ2v) is 10.7. The molecule has 9 heteroatoms. The third-order valence-electron chi connectivity index (χ3n) is 5.51. The fourth-order valence-electron chi connectivity index (χ4n) is 3.88. The number of amidine groups is 1. The van der Waals surface area contributed by atoms with E-state index >= 15 is 0 Å². The number of carbonyl (C=O) groups is 1. The second-order valence-electron chi connectivity index (χ2n) is 7.36. The smallest absolute Gasteiger partial charge is 0.251 e. The van der Waals surface area contributed by atoms with Crippen LogP contribution in [0, 0.1) is 5.92 Å². The third kappa shape index (κ3) is 3.74. The van der Waals surface area contributed by atoms with Crippen molar-refractivity contribution in [2.75, 3.05) is 18.3 Å². The summed E-state index contributed by atoms with van der Waals surface area (Å²) in [6, 6.07) is 5.55. The molecule has 3 heterocycles. The minimum Gasteiger partial charge on any atom is -0.454 e. The Labute approximate surface area is 169 Å². The van der Waals surface area contributed by atoms with E-state index in [4.69, 9.17) is 9.47 Å². The van der Waals surface area contributed by atoms with E-state index in [0.29, 0.717) is 23.2 Å². The fraction of sp³-hybridized carbons (Fsp3) is 0.579. The average Bonchev–Trinajstić information content (AvgIpc) is 3.30. The zero-order chi connectivity index (χ0) is 19.9. The molecule has 0 spiro atoms. The lowest BCUT2D eigenvalue weighted by Crippen LogP contribution is -2.37. The van der Waals surface area contributed by atoms with Gasteiger partial charge in [0.1, 0.15) is 0 Å². The summed E-state index contributed by atoms with van der Waals surface area (Å²) in [6.07, 6.45) is 1.50. The van der Waals surface area contributed by atoms with E-state index in [1.54, 1.807) is 0 Å². The number of ether oxygens (including phenoxy) is 2. The summed E-state index contributed by atoms with van der Waals surface area (Å²) in [5.41, 5.74) is 0.970. The molecule has 0 N–H and O–H groups in total. The van der Waals surface area contributed by atoms with Gasteiger partial charge < -0.3 is 14.4 Å². The summed E-state index contributed by atoms with van der Waals surface area (Å²) in [4.78, 5) is 19.0. The summed E-state index contributed by atoms with van der Waals surface area (Å²) in [5, 5.41) is 0.562. The van der Waals surface area contributed by atoms with Gasteiger partial charge in [0.05, 0.1) is 17.5 Å². The number of carbonyl (C=O) groups excluding carboxylic acids is 1. The highest BCUT2D eigenvalue weighted by Gasteiger charge is 2.48. The van der Waals surface area contributed by atoms with E-state index in [9.17, 15) is 13.2 Å². The van der Waals surface area contributed by atoms with Crippen molar-refractivity contribution in [1.82, 2.24) is 4.90 Å². The summed E-state index contributed by atoms with van der Waals surface area (Å²) in [5.74, 6) is 1.42. The van der Waals surface area contributed by atoms with Gasteiger partial charge in [0.15, 0.2) is 26.5 Å². The highest BCUT2D eigenvalue weighted by atomic mass is 32.2. The Balaban J connectivity index is 1.62. The minimum absolute atomic E-state index is 0.0766. The fourth-order valence-corrected chi connectivity index (χ4v) is 7.84. The van der Waals surface area contributed by atoms with Crippen LogP contribution in [0.15, 0.2) is 23.2 Å². The van der Waals surface area contributed by atoms with Crippen molar-refractivity contribution in [1.29, 1.82) is 0 Å². The van der Waals surface area contributed by atoms with Gasteiger partial charge in [-0.2, -0.15) is 4.99 Å². The Morgan fingerprint density at radius 1 is 1.25 bits per heavy atom. The quantitative estimate of drug-likeness (QED) is 0.718. The Morgan fingerprint density at radius 3 is 2.75 bits per heavy atom. The molecular formula is C19H24N2O5S2. The molecule has 2 atom stereocenters. The van der Waals surface area contributed by atoms with Gasteiger partial charge in [-0.05, 0) is 30.5 Å². The van der Waals surface area contributed by atoms with Gasteiger partial charge in [0.25, 0.3) is 5.91 Å². The Bertz CT molecular complexity index is 911. The SMILES string of the molecule is CCC(CC)C(=O)N=C1S[C@@H]2CS(=O)(=O)C[C@@H]2N1Cc1ccc2c(c1)OCO2. The number of benzene rings is 1. The van der Waals surface area contributed by atoms with Crippen LogP contribution in [0.5, 0.6) is 11.5 Å². The van der Waals surface area contributed by atoms with Gasteiger partial charge in [0.2, 0.25) is 6.79 Å². The first-order valence-corrected chi connectivity index (χ1v) is 12.2. The third-order valence-corrected chi connectivity index (χ3v) is 8.75. The van der Waals surface area contributed by atoms with Crippen molar-refractivity contribution in [3.05, 3.63) is 23.8 Å². The number of fused-ring (bicyclic) bond motifs is 2. The number of sulfone groups is 1. The molecule has 2 fully saturated rings. The Kier molecular flexibility index (Phi) is 5.30. The van der Waals surface area contributed by atoms with Crippen LogP contribution in [0.2, 0.25) is 0 Å². The molecule has 3 aliphatic rings. The summed E-state index contributed by atoms with van der Waals surface area (Å²) >= 11 is 1.42. The molecule has 1 aromatic rings. The number of amides is 1. The van der Waals surface area contributed by atoms with Gasteiger partial charge in [0, 0.05) is 17.7 Å². The van der Waals surface area contributed by atoms with Crippen LogP contribution >= 0.6 is 11.8 Å². The van der Waals surface area contributed by atoms with Crippen LogP contribution in [0.4, 0.5) is 0 Å². The lowest BCUT2D eigenvalue weighted by atomic mass is 10.0. The number of thioether (sulfide) groups is 1. The largest absolute Gasteiger partial charge is 0.454 e. The molecule has 4 rings (SSSR count). The van der Waals surface area contributed by atoms with Gasteiger partial charge >= 0.3 is 0 Å². The van der Waals surface area contributed by atoms with Crippen LogP contribution in [0.3, 0.4) is 0 Å². The normalized spacial score (nSPS) is 26.2. The summed E-state index contributed by atoms with van der Waals surface area (Å²) < 4.78 is 35.1. The van der Waals surface area contributed by atoms with Gasteiger partial charge in [-0.3, -0.25) is 4.79 Å². The van der Waals surface area contributed by atoms with E-state index in [1.807, 2.05) is 36.9 Å². The minimum atomic E-state index is -3.06. The van der Waals surface area contributed by atoms with Crippen LogP contribution in [-0.4, -0.2) is 54.0 Å². The molecule has 2 saturated heterocycles. The number of hydrogen-bond donors (Lipinski definition) is 0. The number of rotatable bonds is 5. The van der Waals surface area contributed by atoms with E-state index in [1.165, 1.54) is 11.8 Å². The molecule has 0 saturated carbocycles. The molecule has 28 heavy (non-hydrogen) atoms. The number of hydrogen-bond acceptors (Lipinski definition) is 6. The highest BCUT2D eigenvalue weighted by Crippen LogP contribution is 2.40. The van der Waals surface area contributed by atoms with Gasteiger partial charge in [-0.25, -0.2) is 8.42 Å². The van der Waals surface area contributed by atoms with Crippen molar-refractivity contribution >= 4 is 32.7 Å². The van der Waals surface area contributed by atoms with Crippen LogP contribution in [0.1, 0.15) is 32.3 Å². The summed E-state index contributed by atoms with van der Waals surface area (Å²) in [6.45, 7) is 4.66. The van der Waals surface area contributed by atoms with Crippen molar-refractivity contribution in [3.8, 4) is 11.5 Å². The zero-order valence-corrected chi connectivity index (χ0v) is 17.6. The molecule has 0 unspecified atom stereocenters. The molecule has 7 nitrogen and oxygen atoms in total. The standard InChI is InChI=1S/C19H24N2O5S2/c1-3-13(4-2)18(22)20-19-21(14-9-28(23,24)10-17(14)27-19)8-12-5-6-15-16(7-12)26-11-25-15/h5-7,13-14,17H,3-4,8-11H2,1-2H3/t14-,17+/m0/s1. The number of nitrogens with zero attached hydrogens (tertiary/aromatic N) is 2. The monoisotopic (exact) mass is 424 g/mol. The molecule has 1 amide bonds. The maximum Gasteiger partial charge on any atom is 0.251 e. The van der Waals surface area contributed by atoms with Crippen LogP contribution in [0.25, 0.3) is 0 Å². The van der Waals surface area contributed by atoms with Crippen LogP contribution < -0.4 is 9.47 Å². The first kappa shape index (κ1) is 19.6. The van der Waals surface area contributed by atoms with Crippen LogP contribution in [-0.2, 0) is 21.2 Å². The molecule has 3 aliphatic heterocycles. The van der Waals surface area contributed by atoms with Crippen molar-refractivity contribution in [3.63, 3.8) is 0 Å². The molecule has 0 radical (unpaired) electrons. The van der Waals surface area contributed by atoms with Crippen molar-refractivity contribution < 1.29 is 22.7 Å². The molecule has 152 valence electrons. The second kappa shape index (κ2) is 7.59. The predicted octanol–water partition coefficient (Wildman–Crippen LogP) is 2.45. The molecule has 0 aliphatic carbocycles. The lowest BCUT2D eigenvalue weighted by Gasteiger charge is -2.25. The van der Waals surface area contributed by atoms with E-state index in [0.717, 1.165) is 18.4 Å².